The van der Waals surface area contributed by atoms with E-state index in [0.29, 0.717) is 5.92 Å². The van der Waals surface area contributed by atoms with Crippen molar-refractivity contribution in [2.75, 3.05) is 0 Å². The molecule has 0 unspecified atom stereocenters. The van der Waals surface area contributed by atoms with Gasteiger partial charge in [0.1, 0.15) is 0 Å². The second-order valence-corrected chi connectivity index (χ2v) is 5.84. The van der Waals surface area contributed by atoms with Crippen LogP contribution in [0.1, 0.15) is 50.1 Å². The Hall–Kier alpha value is -1.23. The fourth-order valence-corrected chi connectivity index (χ4v) is 2.90. The second-order valence-electron chi connectivity index (χ2n) is 5.84. The fraction of sp³-hybridized carbons (Fsp3) is 0.667. The molecular weight excluding hydrogens is 208 g/mol. The average Bonchev–Trinajstić information content (AvgIpc) is 2.46. The molecule has 0 amide bonds. The van der Waals surface area contributed by atoms with Crippen LogP contribution in [0, 0.1) is 31.1 Å². The minimum absolute atomic E-state index is 0.170. The van der Waals surface area contributed by atoms with Gasteiger partial charge < -0.3 is 4.57 Å². The van der Waals surface area contributed by atoms with Crippen LogP contribution in [0.5, 0.6) is 0 Å². The van der Waals surface area contributed by atoms with E-state index in [1.54, 1.807) is 0 Å². The van der Waals surface area contributed by atoms with Crippen molar-refractivity contribution in [1.29, 1.82) is 5.26 Å². The van der Waals surface area contributed by atoms with Crippen LogP contribution in [0.15, 0.2) is 6.07 Å². The summed E-state index contributed by atoms with van der Waals surface area (Å²) in [5, 5.41) is 9.44. The largest absolute Gasteiger partial charge is 0.349 e. The van der Waals surface area contributed by atoms with Crippen LogP contribution in [0.3, 0.4) is 0 Å². The minimum Gasteiger partial charge on any atom is -0.349 e. The van der Waals surface area contributed by atoms with Gasteiger partial charge in [0.05, 0.1) is 11.5 Å². The van der Waals surface area contributed by atoms with Crippen molar-refractivity contribution in [3.63, 3.8) is 0 Å². The highest BCUT2D eigenvalue weighted by molar-refractivity contribution is 5.41. The molecule has 0 N–H and O–H groups in total. The smallest absolute Gasteiger partial charge is 0.0839 e. The van der Waals surface area contributed by atoms with Crippen LogP contribution >= 0.6 is 0 Å². The Balaban J connectivity index is 2.41. The number of nitriles is 1. The topological polar surface area (TPSA) is 28.7 Å². The predicted octanol–water partition coefficient (Wildman–Crippen LogP) is 3.71. The summed E-state index contributed by atoms with van der Waals surface area (Å²) < 4.78 is 2.37. The summed E-state index contributed by atoms with van der Waals surface area (Å²) in [7, 11) is 0. The Morgan fingerprint density at radius 2 is 2.06 bits per heavy atom. The van der Waals surface area contributed by atoms with Gasteiger partial charge in [-0.3, -0.25) is 0 Å². The lowest BCUT2D eigenvalue weighted by atomic mass is 9.65. The van der Waals surface area contributed by atoms with Gasteiger partial charge >= 0.3 is 0 Å². The molecule has 0 aliphatic heterocycles. The van der Waals surface area contributed by atoms with Crippen LogP contribution in [0.2, 0.25) is 0 Å². The van der Waals surface area contributed by atoms with E-state index in [1.807, 2.05) is 0 Å². The first-order chi connectivity index (χ1) is 8.00. The maximum absolute atomic E-state index is 9.44. The molecule has 0 spiro atoms. The molecule has 2 rings (SSSR count). The molecule has 1 fully saturated rings. The third-order valence-corrected chi connectivity index (χ3v) is 4.06. The molecule has 0 atom stereocenters. The lowest BCUT2D eigenvalue weighted by Gasteiger charge is -2.35. The van der Waals surface area contributed by atoms with Crippen molar-refractivity contribution in [3.8, 4) is 6.07 Å². The van der Waals surface area contributed by atoms with E-state index in [1.165, 1.54) is 23.4 Å². The molecule has 1 aliphatic rings. The number of aromatic nitrogens is 1. The maximum Gasteiger partial charge on any atom is 0.0839 e. The zero-order valence-electron chi connectivity index (χ0n) is 11.4. The van der Waals surface area contributed by atoms with Crippen LogP contribution in [-0.4, -0.2) is 4.57 Å². The number of aryl methyl sites for hydroxylation is 1. The van der Waals surface area contributed by atoms with Gasteiger partial charge in [0, 0.05) is 17.9 Å². The standard InChI is InChI=1S/C15H22N2/c1-11(2)9-17-12(3)8-14(13(17)4)15(10-16)6-5-7-15/h8,11H,5-7,9H2,1-4H3. The van der Waals surface area contributed by atoms with Gasteiger partial charge in [0.25, 0.3) is 0 Å². The molecule has 1 heterocycles. The summed E-state index contributed by atoms with van der Waals surface area (Å²) in [5.74, 6) is 0.645. The monoisotopic (exact) mass is 230 g/mol. The van der Waals surface area contributed by atoms with Gasteiger partial charge in [0.2, 0.25) is 0 Å². The van der Waals surface area contributed by atoms with E-state index < -0.39 is 0 Å². The number of nitrogens with zero attached hydrogens (tertiary/aromatic N) is 2. The normalized spacial score (nSPS) is 17.9. The Bertz CT molecular complexity index is 456. The third-order valence-electron chi connectivity index (χ3n) is 4.06. The van der Waals surface area contributed by atoms with Crippen molar-refractivity contribution in [2.45, 2.75) is 58.9 Å². The van der Waals surface area contributed by atoms with E-state index in [2.05, 4.69) is 44.4 Å². The Kier molecular flexibility index (Phi) is 3.03. The molecule has 1 saturated carbocycles. The molecule has 2 heteroatoms. The summed E-state index contributed by atoms with van der Waals surface area (Å²) in [6.45, 7) is 9.86. The molecule has 2 nitrogen and oxygen atoms in total. The van der Waals surface area contributed by atoms with E-state index in [4.69, 9.17) is 0 Å². The van der Waals surface area contributed by atoms with Crippen molar-refractivity contribution >= 4 is 0 Å². The lowest BCUT2D eigenvalue weighted by molar-refractivity contribution is 0.322. The van der Waals surface area contributed by atoms with Crippen LogP contribution in [0.4, 0.5) is 0 Å². The van der Waals surface area contributed by atoms with Gasteiger partial charge in [-0.25, -0.2) is 0 Å². The van der Waals surface area contributed by atoms with Gasteiger partial charge in [0.15, 0.2) is 0 Å². The van der Waals surface area contributed by atoms with E-state index in [-0.39, 0.29) is 5.41 Å². The molecule has 1 aromatic heterocycles. The van der Waals surface area contributed by atoms with Crippen LogP contribution in [0.25, 0.3) is 0 Å². The summed E-state index contributed by atoms with van der Waals surface area (Å²) in [6, 6.07) is 4.79. The number of rotatable bonds is 3. The van der Waals surface area contributed by atoms with Crippen molar-refractivity contribution in [2.24, 2.45) is 5.92 Å². The average molecular weight is 230 g/mol. The molecule has 1 aromatic rings. The molecule has 0 saturated heterocycles. The molecule has 17 heavy (non-hydrogen) atoms. The maximum atomic E-state index is 9.44. The SMILES string of the molecule is Cc1cc(C2(C#N)CCC2)c(C)n1CC(C)C. The number of hydrogen-bond acceptors (Lipinski definition) is 1. The van der Waals surface area contributed by atoms with Crippen molar-refractivity contribution in [3.05, 3.63) is 23.0 Å². The number of hydrogen-bond donors (Lipinski definition) is 0. The Labute approximate surface area is 104 Å². The Morgan fingerprint density at radius 3 is 2.47 bits per heavy atom. The molecule has 92 valence electrons. The zero-order chi connectivity index (χ0) is 12.6. The molecule has 0 aromatic carbocycles. The van der Waals surface area contributed by atoms with E-state index >= 15 is 0 Å². The van der Waals surface area contributed by atoms with Gasteiger partial charge in [-0.1, -0.05) is 13.8 Å². The summed E-state index contributed by atoms with van der Waals surface area (Å²) in [6.07, 6.45) is 3.27. The molecule has 1 aliphatic carbocycles. The van der Waals surface area contributed by atoms with E-state index in [9.17, 15) is 5.26 Å². The second kappa shape index (κ2) is 4.22. The van der Waals surface area contributed by atoms with Crippen LogP contribution in [-0.2, 0) is 12.0 Å². The third kappa shape index (κ3) is 1.88. The summed E-state index contributed by atoms with van der Waals surface area (Å²) in [4.78, 5) is 0. The predicted molar refractivity (Wildman–Crippen MR) is 69.9 cm³/mol. The minimum atomic E-state index is -0.170. The quantitative estimate of drug-likeness (QED) is 0.778. The fourth-order valence-electron chi connectivity index (χ4n) is 2.90. The van der Waals surface area contributed by atoms with Gasteiger partial charge in [-0.15, -0.1) is 0 Å². The van der Waals surface area contributed by atoms with Crippen LogP contribution < -0.4 is 0 Å². The first kappa shape index (κ1) is 12.2. The van der Waals surface area contributed by atoms with Crippen molar-refractivity contribution in [1.82, 2.24) is 4.57 Å². The van der Waals surface area contributed by atoms with E-state index in [0.717, 1.165) is 19.4 Å². The highest BCUT2D eigenvalue weighted by Crippen LogP contribution is 2.45. The van der Waals surface area contributed by atoms with Crippen molar-refractivity contribution < 1.29 is 0 Å². The summed E-state index contributed by atoms with van der Waals surface area (Å²) >= 11 is 0. The zero-order valence-corrected chi connectivity index (χ0v) is 11.4. The lowest BCUT2D eigenvalue weighted by Crippen LogP contribution is -2.32. The molecule has 0 bridgehead atoms. The Morgan fingerprint density at radius 1 is 1.41 bits per heavy atom. The first-order valence-electron chi connectivity index (χ1n) is 6.58. The van der Waals surface area contributed by atoms with Gasteiger partial charge in [-0.2, -0.15) is 5.26 Å². The first-order valence-corrected chi connectivity index (χ1v) is 6.58. The highest BCUT2D eigenvalue weighted by atomic mass is 15.0. The summed E-state index contributed by atoms with van der Waals surface area (Å²) in [5.41, 5.74) is 3.71. The van der Waals surface area contributed by atoms with Gasteiger partial charge in [-0.05, 0) is 50.7 Å². The molecule has 0 radical (unpaired) electrons. The molecular formula is C15H22N2. The highest BCUT2D eigenvalue weighted by Gasteiger charge is 2.41.